The molecule has 0 spiro atoms. The van der Waals surface area contributed by atoms with Gasteiger partial charge < -0.3 is 15.5 Å². The van der Waals surface area contributed by atoms with Crippen molar-refractivity contribution in [2.45, 2.75) is 26.4 Å². The normalized spacial score (nSPS) is 12.1. The molecule has 144 valence electrons. The quantitative estimate of drug-likeness (QED) is 0.785. The fourth-order valence-electron chi connectivity index (χ4n) is 2.69. The lowest BCUT2D eigenvalue weighted by molar-refractivity contribution is -0.118. The number of hydrogen-bond acceptors (Lipinski definition) is 3. The summed E-state index contributed by atoms with van der Waals surface area (Å²) in [6.07, 6.45) is 0. The van der Waals surface area contributed by atoms with Gasteiger partial charge in [0.1, 0.15) is 11.9 Å². The topological polar surface area (TPSA) is 61.4 Å². The van der Waals surface area contributed by atoms with Crippen LogP contribution in [0.2, 0.25) is 0 Å². The molecule has 0 unspecified atom stereocenters. The third-order valence-corrected chi connectivity index (χ3v) is 4.10. The van der Waals surface area contributed by atoms with Gasteiger partial charge in [-0.25, -0.2) is 4.39 Å². The molecule has 27 heavy (non-hydrogen) atoms. The Balaban J connectivity index is 2.13. The minimum atomic E-state index is -0.713. The number of carbonyl (C=O) groups excluding carboxylic acids is 2. The number of nitrogens with one attached hydrogen (secondary N) is 2. The van der Waals surface area contributed by atoms with Crippen LogP contribution in [0.4, 0.5) is 10.1 Å². The van der Waals surface area contributed by atoms with Gasteiger partial charge in [0, 0.05) is 17.8 Å². The molecule has 5 nitrogen and oxygen atoms in total. The van der Waals surface area contributed by atoms with Crippen molar-refractivity contribution in [2.24, 2.45) is 5.92 Å². The summed E-state index contributed by atoms with van der Waals surface area (Å²) in [4.78, 5) is 27.2. The van der Waals surface area contributed by atoms with E-state index in [-0.39, 0.29) is 11.8 Å². The van der Waals surface area contributed by atoms with E-state index in [9.17, 15) is 14.0 Å². The van der Waals surface area contributed by atoms with Crippen LogP contribution in [0.15, 0.2) is 48.5 Å². The summed E-state index contributed by atoms with van der Waals surface area (Å²) in [6, 6.07) is 12.1. The first-order valence-electron chi connectivity index (χ1n) is 8.88. The van der Waals surface area contributed by atoms with Crippen LogP contribution in [-0.4, -0.2) is 36.9 Å². The van der Waals surface area contributed by atoms with Gasteiger partial charge in [0.25, 0.3) is 5.91 Å². The fourth-order valence-corrected chi connectivity index (χ4v) is 2.69. The van der Waals surface area contributed by atoms with Crippen LogP contribution >= 0.6 is 0 Å². The Bertz CT molecular complexity index is 788. The van der Waals surface area contributed by atoms with Gasteiger partial charge in [-0.2, -0.15) is 0 Å². The third kappa shape index (κ3) is 5.89. The Kier molecular flexibility index (Phi) is 7.07. The minimum absolute atomic E-state index is 0.115. The van der Waals surface area contributed by atoms with Crippen molar-refractivity contribution in [1.29, 1.82) is 0 Å². The first-order valence-corrected chi connectivity index (χ1v) is 8.88. The molecule has 2 amide bonds. The summed E-state index contributed by atoms with van der Waals surface area (Å²) < 4.78 is 13.0. The van der Waals surface area contributed by atoms with Crippen molar-refractivity contribution in [1.82, 2.24) is 10.2 Å². The maximum absolute atomic E-state index is 13.0. The van der Waals surface area contributed by atoms with E-state index in [2.05, 4.69) is 10.6 Å². The zero-order chi connectivity index (χ0) is 20.0. The van der Waals surface area contributed by atoms with Crippen LogP contribution in [0.3, 0.4) is 0 Å². The second-order valence-electron chi connectivity index (χ2n) is 7.09. The average molecular weight is 371 g/mol. The Hall–Kier alpha value is -2.73. The molecule has 0 heterocycles. The van der Waals surface area contributed by atoms with Crippen LogP contribution in [0.5, 0.6) is 0 Å². The van der Waals surface area contributed by atoms with Crippen LogP contribution in [-0.2, 0) is 11.3 Å². The number of rotatable bonds is 7. The molecule has 0 aliphatic heterocycles. The van der Waals surface area contributed by atoms with Gasteiger partial charge in [0.05, 0.1) is 0 Å². The van der Waals surface area contributed by atoms with E-state index in [0.29, 0.717) is 12.1 Å². The van der Waals surface area contributed by atoms with Crippen molar-refractivity contribution in [3.8, 4) is 0 Å². The number of amides is 2. The molecule has 0 saturated heterocycles. The number of anilines is 1. The second kappa shape index (κ2) is 9.28. The summed E-state index contributed by atoms with van der Waals surface area (Å²) in [6.45, 7) is 4.41. The summed E-state index contributed by atoms with van der Waals surface area (Å²) in [5, 5.41) is 5.67. The molecule has 0 aliphatic carbocycles. The Morgan fingerprint density at radius 3 is 2.26 bits per heavy atom. The summed E-state index contributed by atoms with van der Waals surface area (Å²) >= 11 is 0. The van der Waals surface area contributed by atoms with E-state index in [1.165, 1.54) is 24.3 Å². The van der Waals surface area contributed by atoms with Crippen molar-refractivity contribution in [3.05, 3.63) is 65.5 Å². The van der Waals surface area contributed by atoms with Gasteiger partial charge >= 0.3 is 0 Å². The fraction of sp³-hybridized carbons (Fsp3) is 0.333. The molecule has 0 aromatic heterocycles. The molecule has 2 N–H and O–H groups in total. The third-order valence-electron chi connectivity index (χ3n) is 4.10. The van der Waals surface area contributed by atoms with Gasteiger partial charge in [-0.3, -0.25) is 9.59 Å². The van der Waals surface area contributed by atoms with Gasteiger partial charge in [-0.15, -0.1) is 0 Å². The predicted octanol–water partition coefficient (Wildman–Crippen LogP) is 3.28. The Morgan fingerprint density at radius 1 is 1.04 bits per heavy atom. The van der Waals surface area contributed by atoms with Crippen molar-refractivity contribution >= 4 is 17.5 Å². The molecular weight excluding hydrogens is 345 g/mol. The summed E-state index contributed by atoms with van der Waals surface area (Å²) in [5.41, 5.74) is 2.02. The highest BCUT2D eigenvalue weighted by Gasteiger charge is 2.25. The number of halogens is 1. The number of carbonyl (C=O) groups is 2. The lowest BCUT2D eigenvalue weighted by Gasteiger charge is -2.23. The van der Waals surface area contributed by atoms with E-state index in [1.807, 2.05) is 57.1 Å². The standard InChI is InChI=1S/C21H26FN3O2/c1-14(2)19(24-20(26)15-9-11-17(22)12-10-15)21(27)23-18-8-6-5-7-16(18)13-25(3)4/h5-12,14,19H,13H2,1-4H3,(H,23,27)(H,24,26)/t19-/m0/s1. The Labute approximate surface area is 159 Å². The van der Waals surface area contributed by atoms with Crippen molar-refractivity contribution in [3.63, 3.8) is 0 Å². The maximum Gasteiger partial charge on any atom is 0.251 e. The average Bonchev–Trinajstić information content (AvgIpc) is 2.61. The molecular formula is C21H26FN3O2. The molecule has 0 fully saturated rings. The van der Waals surface area contributed by atoms with Crippen LogP contribution in [0.25, 0.3) is 0 Å². The maximum atomic E-state index is 13.0. The van der Waals surface area contributed by atoms with Gasteiger partial charge in [0.15, 0.2) is 0 Å². The van der Waals surface area contributed by atoms with E-state index < -0.39 is 17.8 Å². The largest absolute Gasteiger partial charge is 0.340 e. The summed E-state index contributed by atoms with van der Waals surface area (Å²) in [7, 11) is 3.91. The lowest BCUT2D eigenvalue weighted by atomic mass is 10.0. The minimum Gasteiger partial charge on any atom is -0.340 e. The second-order valence-corrected chi connectivity index (χ2v) is 7.09. The smallest absolute Gasteiger partial charge is 0.251 e. The van der Waals surface area contributed by atoms with E-state index in [1.54, 1.807) is 0 Å². The van der Waals surface area contributed by atoms with E-state index in [0.717, 1.165) is 11.3 Å². The van der Waals surface area contributed by atoms with Crippen molar-refractivity contribution in [2.75, 3.05) is 19.4 Å². The molecule has 6 heteroatoms. The first-order chi connectivity index (χ1) is 12.8. The molecule has 0 radical (unpaired) electrons. The molecule has 2 rings (SSSR count). The molecule has 0 bridgehead atoms. The summed E-state index contributed by atoms with van der Waals surface area (Å²) in [5.74, 6) is -1.23. The lowest BCUT2D eigenvalue weighted by Crippen LogP contribution is -2.47. The molecule has 2 aromatic rings. The number of hydrogen-bond donors (Lipinski definition) is 2. The van der Waals surface area contributed by atoms with Crippen LogP contribution < -0.4 is 10.6 Å². The van der Waals surface area contributed by atoms with Crippen LogP contribution in [0.1, 0.15) is 29.8 Å². The Morgan fingerprint density at radius 2 is 1.67 bits per heavy atom. The monoisotopic (exact) mass is 371 g/mol. The van der Waals surface area contributed by atoms with E-state index >= 15 is 0 Å². The molecule has 0 saturated carbocycles. The highest BCUT2D eigenvalue weighted by Crippen LogP contribution is 2.18. The number of benzene rings is 2. The SMILES string of the molecule is CC(C)[C@H](NC(=O)c1ccc(F)cc1)C(=O)Nc1ccccc1CN(C)C. The molecule has 2 aromatic carbocycles. The van der Waals surface area contributed by atoms with Crippen LogP contribution in [0, 0.1) is 11.7 Å². The zero-order valence-electron chi connectivity index (χ0n) is 16.1. The van der Waals surface area contributed by atoms with Gasteiger partial charge in [-0.1, -0.05) is 32.0 Å². The van der Waals surface area contributed by atoms with Gasteiger partial charge in [0.2, 0.25) is 5.91 Å². The number of nitrogens with zero attached hydrogens (tertiary/aromatic N) is 1. The zero-order valence-corrected chi connectivity index (χ0v) is 16.1. The van der Waals surface area contributed by atoms with Gasteiger partial charge in [-0.05, 0) is 55.9 Å². The highest BCUT2D eigenvalue weighted by atomic mass is 19.1. The molecule has 1 atom stereocenters. The number of para-hydroxylation sites is 1. The predicted molar refractivity (Wildman–Crippen MR) is 105 cm³/mol. The van der Waals surface area contributed by atoms with E-state index in [4.69, 9.17) is 0 Å². The van der Waals surface area contributed by atoms with Crippen molar-refractivity contribution < 1.29 is 14.0 Å². The molecule has 0 aliphatic rings. The first kappa shape index (κ1) is 20.6. The highest BCUT2D eigenvalue weighted by molar-refractivity contribution is 6.01.